The molecule has 3 aliphatic heterocycles. The number of hydrogen-bond donors (Lipinski definition) is 0. The normalized spacial score (nSPS) is 80.9. The molecule has 3 fully saturated rings. The van der Waals surface area contributed by atoms with Crippen LogP contribution in [0, 0.1) is 0 Å². The molecule has 0 amide bonds. The molecule has 5 unspecified atom stereocenters. The fourth-order valence-electron chi connectivity index (χ4n) is 2.22. The molecule has 0 aromatic rings. The third kappa shape index (κ3) is 0.187. The van der Waals surface area contributed by atoms with Gasteiger partial charge >= 0.3 is 0 Å². The van der Waals surface area contributed by atoms with Crippen LogP contribution in [0.15, 0.2) is 0 Å². The predicted octanol–water partition coefficient (Wildman–Crippen LogP) is 0.962. The average Bonchev–Trinajstić information content (AvgIpc) is 1.83. The Balaban J connectivity index is 2.08. The molecule has 0 nitrogen and oxygen atoms in total. The lowest BCUT2D eigenvalue weighted by atomic mass is 9.85. The van der Waals surface area contributed by atoms with Crippen LogP contribution in [0.25, 0.3) is 0 Å². The van der Waals surface area contributed by atoms with Crippen molar-refractivity contribution in [1.82, 2.24) is 0 Å². The van der Waals surface area contributed by atoms with Crippen molar-refractivity contribution in [3.05, 3.63) is 0 Å². The van der Waals surface area contributed by atoms with Gasteiger partial charge in [-0.05, 0) is 23.4 Å². The average molecular weight is 108 g/mol. The summed E-state index contributed by atoms with van der Waals surface area (Å²) in [6.45, 7) is 0. The molecule has 0 aromatic carbocycles. The highest BCUT2D eigenvalue weighted by Gasteiger charge is 2.74. The second-order valence-corrected chi connectivity index (χ2v) is 5.70. The first-order valence-electron chi connectivity index (χ1n) is 2.92. The van der Waals surface area contributed by atoms with Gasteiger partial charge in [-0.15, -0.1) is 0 Å². The summed E-state index contributed by atoms with van der Waals surface area (Å²) in [7, 11) is 6.39. The summed E-state index contributed by atoms with van der Waals surface area (Å²) in [5, 5.41) is 0. The van der Waals surface area contributed by atoms with Crippen LogP contribution in [0.1, 0.15) is 6.42 Å². The van der Waals surface area contributed by atoms with E-state index in [0.29, 0.717) is 13.7 Å². The molecule has 3 saturated heterocycles. The highest BCUT2D eigenvalue weighted by Crippen LogP contribution is 2.94. The maximum Gasteiger partial charge on any atom is 0.0716 e. The lowest BCUT2D eigenvalue weighted by molar-refractivity contribution is 0.811. The fraction of sp³-hybridized carbons (Fsp3) is 1.00. The highest BCUT2D eigenvalue weighted by atomic mass is 31.1. The van der Waals surface area contributed by atoms with Gasteiger partial charge in [0.2, 0.25) is 0 Å². The van der Waals surface area contributed by atoms with Crippen LogP contribution in [-0.4, -0.2) is 24.8 Å². The van der Waals surface area contributed by atoms with Crippen molar-refractivity contribution >= 4 is 15.8 Å². The summed E-state index contributed by atoms with van der Waals surface area (Å²) in [6.07, 6.45) is 1.51. The first-order valence-corrected chi connectivity index (χ1v) is 4.47. The molecule has 2 heteroatoms. The van der Waals surface area contributed by atoms with Gasteiger partial charge < -0.3 is 0 Å². The minimum Gasteiger partial charge on any atom is -0.0967 e. The van der Waals surface area contributed by atoms with E-state index in [-0.39, 0.29) is 0 Å². The molecule has 0 bridgehead atoms. The number of fused-ring (bicyclic) bond motifs is 1. The summed E-state index contributed by atoms with van der Waals surface area (Å²) in [5.41, 5.74) is 3.33. The highest BCUT2D eigenvalue weighted by molar-refractivity contribution is 7.72. The molecule has 2 radical (unpaired) electrons. The summed E-state index contributed by atoms with van der Waals surface area (Å²) < 4.78 is 0. The van der Waals surface area contributed by atoms with Crippen LogP contribution in [-0.2, 0) is 0 Å². The molecule has 3 rings (SSSR count). The molecule has 5 atom stereocenters. The van der Waals surface area contributed by atoms with E-state index in [1.54, 1.807) is 0 Å². The minimum absolute atomic E-state index is 0.621. The van der Waals surface area contributed by atoms with E-state index < -0.39 is 0 Å². The Labute approximate surface area is 45.8 Å². The maximum absolute atomic E-state index is 5.77. The van der Waals surface area contributed by atoms with Crippen molar-refractivity contribution in [2.45, 2.75) is 29.2 Å². The molecule has 7 heavy (non-hydrogen) atoms. The van der Waals surface area contributed by atoms with Crippen LogP contribution in [0.4, 0.5) is 0 Å². The standard InChI is InChI=1S/C5H6BP/c6-4-2-1-3-5(4)7(2)3/h2-5H,1H2. The van der Waals surface area contributed by atoms with Crippen LogP contribution in [0.2, 0.25) is 5.82 Å². The van der Waals surface area contributed by atoms with Gasteiger partial charge in [0, 0.05) is 0 Å². The summed E-state index contributed by atoms with van der Waals surface area (Å²) in [6, 6.07) is 0. The molecule has 0 saturated carbocycles. The Bertz CT molecular complexity index is 125. The van der Waals surface area contributed by atoms with Gasteiger partial charge in [0.15, 0.2) is 0 Å². The van der Waals surface area contributed by atoms with Gasteiger partial charge in [-0.3, -0.25) is 0 Å². The van der Waals surface area contributed by atoms with E-state index in [0.717, 1.165) is 11.3 Å². The van der Waals surface area contributed by atoms with Gasteiger partial charge in [0.1, 0.15) is 0 Å². The summed E-state index contributed by atoms with van der Waals surface area (Å²) in [5.74, 6) is 0.677. The second-order valence-electron chi connectivity index (χ2n) is 2.89. The van der Waals surface area contributed by atoms with E-state index >= 15 is 0 Å². The molecule has 3 heterocycles. The van der Waals surface area contributed by atoms with Crippen molar-refractivity contribution in [3.8, 4) is 0 Å². The first kappa shape index (κ1) is 3.51. The van der Waals surface area contributed by atoms with Gasteiger partial charge in [0.05, 0.1) is 7.85 Å². The maximum atomic E-state index is 5.77. The van der Waals surface area contributed by atoms with Gasteiger partial charge in [-0.25, -0.2) is 0 Å². The van der Waals surface area contributed by atoms with Crippen molar-refractivity contribution in [2.24, 2.45) is 0 Å². The van der Waals surface area contributed by atoms with Crippen molar-refractivity contribution in [2.75, 3.05) is 0 Å². The first-order chi connectivity index (χ1) is 3.39. The Kier molecular flexibility index (Phi) is 0.361. The molecule has 0 aromatic heterocycles. The van der Waals surface area contributed by atoms with Crippen molar-refractivity contribution in [1.29, 1.82) is 0 Å². The quantitative estimate of drug-likeness (QED) is 0.320. The minimum atomic E-state index is 0.621. The van der Waals surface area contributed by atoms with E-state index in [4.69, 9.17) is 7.85 Å². The number of rotatable bonds is 0. The number of hydrogen-bond acceptors (Lipinski definition) is 0. The van der Waals surface area contributed by atoms with E-state index in [2.05, 4.69) is 0 Å². The van der Waals surface area contributed by atoms with E-state index in [1.807, 2.05) is 0 Å². The Morgan fingerprint density at radius 3 is 2.43 bits per heavy atom. The third-order valence-electron chi connectivity index (χ3n) is 2.74. The lowest BCUT2D eigenvalue weighted by Crippen LogP contribution is -2.21. The van der Waals surface area contributed by atoms with Crippen LogP contribution < -0.4 is 0 Å². The van der Waals surface area contributed by atoms with Crippen LogP contribution >= 0.6 is 7.92 Å². The Morgan fingerprint density at radius 2 is 2.29 bits per heavy atom. The second kappa shape index (κ2) is 0.721. The van der Waals surface area contributed by atoms with Crippen molar-refractivity contribution < 1.29 is 0 Å². The molecular weight excluding hydrogens is 102 g/mol. The zero-order chi connectivity index (χ0) is 4.59. The van der Waals surface area contributed by atoms with Gasteiger partial charge in [-0.1, -0.05) is 13.7 Å². The lowest BCUT2D eigenvalue weighted by Gasteiger charge is -2.34. The van der Waals surface area contributed by atoms with E-state index in [9.17, 15) is 0 Å². The van der Waals surface area contributed by atoms with Gasteiger partial charge in [-0.2, -0.15) is 0 Å². The van der Waals surface area contributed by atoms with Crippen molar-refractivity contribution in [3.63, 3.8) is 0 Å². The molecule has 3 aliphatic rings. The summed E-state index contributed by atoms with van der Waals surface area (Å²) in [4.78, 5) is 0. The van der Waals surface area contributed by atoms with Gasteiger partial charge in [0.25, 0.3) is 0 Å². The third-order valence-corrected chi connectivity index (χ3v) is 6.40. The Hall–Kier alpha value is 0.495. The van der Waals surface area contributed by atoms with E-state index in [1.165, 1.54) is 12.1 Å². The SMILES string of the molecule is [B]C1C2CC3C1P23. The molecule has 0 N–H and O–H groups in total. The molecular formula is C5H6BP. The van der Waals surface area contributed by atoms with Crippen LogP contribution in [0.5, 0.6) is 0 Å². The van der Waals surface area contributed by atoms with Crippen LogP contribution in [0.3, 0.4) is 0 Å². The molecule has 0 spiro atoms. The smallest absolute Gasteiger partial charge is 0.0716 e. The zero-order valence-electron chi connectivity index (χ0n) is 4.04. The Morgan fingerprint density at radius 1 is 1.43 bits per heavy atom. The largest absolute Gasteiger partial charge is 0.0967 e. The fourth-order valence-corrected chi connectivity index (χ4v) is 5.78. The summed E-state index contributed by atoms with van der Waals surface area (Å²) >= 11 is 0. The molecule has 0 aliphatic carbocycles. The monoisotopic (exact) mass is 108 g/mol. The molecule has 34 valence electrons. The zero-order valence-corrected chi connectivity index (χ0v) is 4.94. The topological polar surface area (TPSA) is 0 Å². The predicted molar refractivity (Wildman–Crippen MR) is 32.4 cm³/mol.